The van der Waals surface area contributed by atoms with Crippen LogP contribution in [0.1, 0.15) is 10.4 Å². The molecule has 0 fully saturated rings. The van der Waals surface area contributed by atoms with Crippen molar-refractivity contribution in [2.24, 2.45) is 0 Å². The Morgan fingerprint density at radius 1 is 1.09 bits per heavy atom. The molecule has 0 unspecified atom stereocenters. The zero-order valence-electron chi connectivity index (χ0n) is 11.4. The number of fused-ring (bicyclic) bond motifs is 1. The fourth-order valence-corrected chi connectivity index (χ4v) is 2.72. The van der Waals surface area contributed by atoms with Gasteiger partial charge in [0.2, 0.25) is 0 Å². The second kappa shape index (κ2) is 6.10. The third kappa shape index (κ3) is 2.87. The number of halogens is 2. The van der Waals surface area contributed by atoms with E-state index in [0.717, 1.165) is 4.47 Å². The van der Waals surface area contributed by atoms with E-state index in [2.05, 4.69) is 15.9 Å². The second-order valence-corrected chi connectivity index (χ2v) is 6.10. The van der Waals surface area contributed by atoms with Crippen molar-refractivity contribution in [3.8, 4) is 5.75 Å². The molecule has 4 nitrogen and oxygen atoms in total. The van der Waals surface area contributed by atoms with E-state index in [9.17, 15) is 9.59 Å². The summed E-state index contributed by atoms with van der Waals surface area (Å²) in [5, 5.41) is 0.438. The van der Waals surface area contributed by atoms with E-state index < -0.39 is 11.7 Å². The molecule has 0 saturated heterocycles. The van der Waals surface area contributed by atoms with Gasteiger partial charge in [-0.3, -0.25) is 9.59 Å². The summed E-state index contributed by atoms with van der Waals surface area (Å²) in [6.45, 7) is 0.595. The molecule has 1 amide bonds. The van der Waals surface area contributed by atoms with Crippen LogP contribution in [0, 0.1) is 0 Å². The first kappa shape index (κ1) is 15.1. The number of nitrogens with zero attached hydrogens (tertiary/aromatic N) is 1. The highest BCUT2D eigenvalue weighted by Crippen LogP contribution is 2.31. The Kier molecular flexibility index (Phi) is 4.18. The van der Waals surface area contributed by atoms with Crippen LogP contribution < -0.4 is 9.64 Å². The molecule has 3 rings (SSSR count). The quantitative estimate of drug-likeness (QED) is 0.760. The third-order valence-corrected chi connectivity index (χ3v) is 4.09. The number of Topliss-reactive ketones (excluding diaryl/α,β-unsaturated/α-hetero) is 1. The molecule has 0 saturated carbocycles. The standard InChI is InChI=1S/C16H11BrClNO3/c17-10-1-4-12(5-2-10)22-8-7-19-14-6-3-11(18)9-13(14)15(20)16(19)21/h1-6,9H,7-8H2. The Bertz CT molecular complexity index is 746. The first-order valence-corrected chi connectivity index (χ1v) is 7.77. The lowest BCUT2D eigenvalue weighted by Gasteiger charge is -2.16. The molecule has 0 aliphatic carbocycles. The minimum Gasteiger partial charge on any atom is -0.492 e. The smallest absolute Gasteiger partial charge is 0.299 e. The van der Waals surface area contributed by atoms with Crippen LogP contribution in [0.2, 0.25) is 5.02 Å². The SMILES string of the molecule is O=C1C(=O)N(CCOc2ccc(Br)cc2)c2ccc(Cl)cc21. The molecule has 0 radical (unpaired) electrons. The molecular weight excluding hydrogens is 370 g/mol. The molecule has 1 aliphatic rings. The predicted molar refractivity (Wildman–Crippen MR) is 87.8 cm³/mol. The zero-order valence-corrected chi connectivity index (χ0v) is 13.7. The van der Waals surface area contributed by atoms with Gasteiger partial charge >= 0.3 is 0 Å². The van der Waals surface area contributed by atoms with Crippen LogP contribution in [0.5, 0.6) is 5.75 Å². The first-order chi connectivity index (χ1) is 10.6. The minimum absolute atomic E-state index is 0.294. The molecule has 2 aromatic carbocycles. The van der Waals surface area contributed by atoms with E-state index in [4.69, 9.17) is 16.3 Å². The molecular formula is C16H11BrClNO3. The van der Waals surface area contributed by atoms with Gasteiger partial charge in [0.15, 0.2) is 0 Å². The number of amides is 1. The average molecular weight is 381 g/mol. The molecule has 1 aliphatic heterocycles. The summed E-state index contributed by atoms with van der Waals surface area (Å²) < 4.78 is 6.56. The number of anilines is 1. The summed E-state index contributed by atoms with van der Waals surface area (Å²) in [5.41, 5.74) is 0.931. The van der Waals surface area contributed by atoms with Crippen LogP contribution in [0.4, 0.5) is 5.69 Å². The van der Waals surface area contributed by atoms with Gasteiger partial charge in [0.05, 0.1) is 17.8 Å². The number of hydrogen-bond acceptors (Lipinski definition) is 3. The zero-order chi connectivity index (χ0) is 15.7. The topological polar surface area (TPSA) is 46.6 Å². The van der Waals surface area contributed by atoms with Crippen molar-refractivity contribution in [2.75, 3.05) is 18.1 Å². The van der Waals surface area contributed by atoms with Crippen molar-refractivity contribution in [2.45, 2.75) is 0 Å². The van der Waals surface area contributed by atoms with Crippen molar-refractivity contribution in [1.82, 2.24) is 0 Å². The second-order valence-electron chi connectivity index (χ2n) is 4.75. The van der Waals surface area contributed by atoms with Gasteiger partial charge < -0.3 is 9.64 Å². The number of ether oxygens (including phenoxy) is 1. The molecule has 0 bridgehead atoms. The van der Waals surface area contributed by atoms with Crippen LogP contribution in [0.3, 0.4) is 0 Å². The van der Waals surface area contributed by atoms with Gasteiger partial charge in [-0.2, -0.15) is 0 Å². The number of carbonyl (C=O) groups is 2. The Morgan fingerprint density at radius 3 is 2.55 bits per heavy atom. The molecule has 6 heteroatoms. The van der Waals surface area contributed by atoms with Gasteiger partial charge in [0.25, 0.3) is 11.7 Å². The van der Waals surface area contributed by atoms with Crippen LogP contribution >= 0.6 is 27.5 Å². The summed E-state index contributed by atoms with van der Waals surface area (Å²) in [5.74, 6) is -0.365. The Labute approximate surface area is 140 Å². The highest BCUT2D eigenvalue weighted by Gasteiger charge is 2.35. The van der Waals surface area contributed by atoms with E-state index >= 15 is 0 Å². The van der Waals surface area contributed by atoms with Gasteiger partial charge in [0, 0.05) is 9.50 Å². The minimum atomic E-state index is -0.545. The highest BCUT2D eigenvalue weighted by atomic mass is 79.9. The molecule has 0 aromatic heterocycles. The average Bonchev–Trinajstić information content (AvgIpc) is 2.74. The first-order valence-electron chi connectivity index (χ1n) is 6.60. The number of ketones is 1. The fraction of sp³-hybridized carbons (Fsp3) is 0.125. The largest absolute Gasteiger partial charge is 0.492 e. The van der Waals surface area contributed by atoms with Gasteiger partial charge in [0.1, 0.15) is 12.4 Å². The summed E-state index contributed by atoms with van der Waals surface area (Å²) in [7, 11) is 0. The maximum atomic E-state index is 12.0. The van der Waals surface area contributed by atoms with E-state index in [0.29, 0.717) is 35.2 Å². The fourth-order valence-electron chi connectivity index (χ4n) is 2.28. The monoisotopic (exact) mass is 379 g/mol. The van der Waals surface area contributed by atoms with Crippen molar-refractivity contribution in [3.05, 3.63) is 57.5 Å². The van der Waals surface area contributed by atoms with E-state index in [1.165, 1.54) is 11.0 Å². The third-order valence-electron chi connectivity index (χ3n) is 3.33. The summed E-state index contributed by atoms with van der Waals surface area (Å²) >= 11 is 9.22. The molecule has 2 aromatic rings. The number of hydrogen-bond donors (Lipinski definition) is 0. The summed E-state index contributed by atoms with van der Waals surface area (Å²) in [6, 6.07) is 12.3. The number of carbonyl (C=O) groups excluding carboxylic acids is 2. The number of rotatable bonds is 4. The van der Waals surface area contributed by atoms with Crippen LogP contribution in [-0.2, 0) is 4.79 Å². The molecule has 0 atom stereocenters. The van der Waals surface area contributed by atoms with Gasteiger partial charge in [-0.15, -0.1) is 0 Å². The van der Waals surface area contributed by atoms with Crippen LogP contribution in [-0.4, -0.2) is 24.8 Å². The van der Waals surface area contributed by atoms with Crippen LogP contribution in [0.25, 0.3) is 0 Å². The molecule has 0 spiro atoms. The van der Waals surface area contributed by atoms with Gasteiger partial charge in [-0.05, 0) is 42.5 Å². The van der Waals surface area contributed by atoms with Crippen molar-refractivity contribution >= 4 is 44.9 Å². The Hall–Kier alpha value is -1.85. The predicted octanol–water partition coefficient (Wildman–Crippen LogP) is 3.71. The van der Waals surface area contributed by atoms with E-state index in [1.807, 2.05) is 24.3 Å². The molecule has 22 heavy (non-hydrogen) atoms. The van der Waals surface area contributed by atoms with Crippen molar-refractivity contribution in [3.63, 3.8) is 0 Å². The van der Waals surface area contributed by atoms with Gasteiger partial charge in [-0.1, -0.05) is 27.5 Å². The van der Waals surface area contributed by atoms with E-state index in [1.54, 1.807) is 12.1 Å². The van der Waals surface area contributed by atoms with Gasteiger partial charge in [-0.25, -0.2) is 0 Å². The summed E-state index contributed by atoms with van der Waals surface area (Å²) in [4.78, 5) is 25.4. The number of benzene rings is 2. The van der Waals surface area contributed by atoms with Crippen molar-refractivity contribution in [1.29, 1.82) is 0 Å². The maximum absolute atomic E-state index is 12.0. The highest BCUT2D eigenvalue weighted by molar-refractivity contribution is 9.10. The lowest BCUT2D eigenvalue weighted by atomic mass is 10.1. The van der Waals surface area contributed by atoms with Crippen molar-refractivity contribution < 1.29 is 14.3 Å². The normalized spacial score (nSPS) is 13.5. The Balaban J connectivity index is 1.69. The Morgan fingerprint density at radius 2 is 1.82 bits per heavy atom. The summed E-state index contributed by atoms with van der Waals surface area (Å²) in [6.07, 6.45) is 0. The molecule has 0 N–H and O–H groups in total. The lowest BCUT2D eigenvalue weighted by Crippen LogP contribution is -2.33. The molecule has 112 valence electrons. The van der Waals surface area contributed by atoms with Crippen LogP contribution in [0.15, 0.2) is 46.9 Å². The lowest BCUT2D eigenvalue weighted by molar-refractivity contribution is -0.114. The van der Waals surface area contributed by atoms with E-state index in [-0.39, 0.29) is 0 Å². The maximum Gasteiger partial charge on any atom is 0.299 e. The molecule has 1 heterocycles.